The second-order valence-electron chi connectivity index (χ2n) is 8.59. The van der Waals surface area contributed by atoms with E-state index in [1.807, 2.05) is 13.8 Å². The summed E-state index contributed by atoms with van der Waals surface area (Å²) in [6.45, 7) is 7.13. The molecule has 1 heterocycles. The minimum absolute atomic E-state index is 0.0284. The molecule has 0 spiro atoms. The average Bonchev–Trinajstić information content (AvgIpc) is 2.83. The standard InChI is InChI=1S/C26H43F2O4P/c1-3-31-33(32-4-2)21-13-11-9-7-5-6-8-10-12-18-30-24-15-14-23(25(27)26(24)28)22-16-19-29-20-17-22/h14-15,22H,3-13,16-21H2,1-2H3. The number of hydrogen-bond donors (Lipinski definition) is 0. The maximum absolute atomic E-state index is 14.5. The molecule has 0 radical (unpaired) electrons. The Balaban J connectivity index is 1.48. The van der Waals surface area contributed by atoms with Crippen molar-refractivity contribution in [1.82, 2.24) is 0 Å². The van der Waals surface area contributed by atoms with Crippen LogP contribution in [0.4, 0.5) is 8.78 Å². The summed E-state index contributed by atoms with van der Waals surface area (Å²) in [4.78, 5) is 0. The van der Waals surface area contributed by atoms with Crippen molar-refractivity contribution in [3.05, 3.63) is 29.3 Å². The first-order chi connectivity index (χ1) is 16.2. The molecule has 1 fully saturated rings. The van der Waals surface area contributed by atoms with Crippen LogP contribution in [0.15, 0.2) is 12.1 Å². The van der Waals surface area contributed by atoms with Crippen molar-refractivity contribution in [1.29, 1.82) is 0 Å². The molecular formula is C26H43F2O4P. The third-order valence-electron chi connectivity index (χ3n) is 6.03. The molecule has 7 heteroatoms. The summed E-state index contributed by atoms with van der Waals surface area (Å²) < 4.78 is 51.0. The zero-order valence-electron chi connectivity index (χ0n) is 20.6. The predicted octanol–water partition coefficient (Wildman–Crippen LogP) is 8.13. The molecule has 1 aliphatic heterocycles. The van der Waals surface area contributed by atoms with Crippen LogP contribution in [0.25, 0.3) is 0 Å². The summed E-state index contributed by atoms with van der Waals surface area (Å²) in [5, 5.41) is 0. The van der Waals surface area contributed by atoms with E-state index in [0.717, 1.165) is 51.5 Å². The zero-order chi connectivity index (χ0) is 23.7. The molecule has 0 atom stereocenters. The molecule has 33 heavy (non-hydrogen) atoms. The van der Waals surface area contributed by atoms with E-state index in [1.54, 1.807) is 12.1 Å². The van der Waals surface area contributed by atoms with Gasteiger partial charge in [-0.15, -0.1) is 0 Å². The fraction of sp³-hybridized carbons (Fsp3) is 0.769. The minimum Gasteiger partial charge on any atom is -0.490 e. The fourth-order valence-electron chi connectivity index (χ4n) is 4.20. The lowest BCUT2D eigenvalue weighted by molar-refractivity contribution is 0.0844. The van der Waals surface area contributed by atoms with Crippen LogP contribution >= 0.6 is 8.38 Å². The van der Waals surface area contributed by atoms with Crippen molar-refractivity contribution < 1.29 is 27.3 Å². The van der Waals surface area contributed by atoms with Gasteiger partial charge in [0.2, 0.25) is 5.82 Å². The molecule has 0 unspecified atom stereocenters. The summed E-state index contributed by atoms with van der Waals surface area (Å²) >= 11 is 0. The van der Waals surface area contributed by atoms with E-state index in [1.165, 1.54) is 38.5 Å². The van der Waals surface area contributed by atoms with Crippen molar-refractivity contribution in [2.45, 2.75) is 90.4 Å². The van der Waals surface area contributed by atoms with Gasteiger partial charge in [-0.3, -0.25) is 0 Å². The van der Waals surface area contributed by atoms with Gasteiger partial charge in [-0.1, -0.05) is 51.0 Å². The highest BCUT2D eigenvalue weighted by Gasteiger charge is 2.23. The van der Waals surface area contributed by atoms with Crippen molar-refractivity contribution in [2.75, 3.05) is 39.2 Å². The lowest BCUT2D eigenvalue weighted by Crippen LogP contribution is -2.16. The first kappa shape index (κ1) is 28.4. The lowest BCUT2D eigenvalue weighted by atomic mass is 9.91. The number of benzene rings is 1. The Morgan fingerprint density at radius 3 is 2.00 bits per heavy atom. The van der Waals surface area contributed by atoms with E-state index in [-0.39, 0.29) is 11.7 Å². The van der Waals surface area contributed by atoms with E-state index in [2.05, 4.69) is 0 Å². The number of unbranched alkanes of at least 4 members (excludes halogenated alkanes) is 8. The van der Waals surface area contributed by atoms with Crippen molar-refractivity contribution in [3.8, 4) is 5.75 Å². The zero-order valence-corrected chi connectivity index (χ0v) is 21.5. The molecule has 1 aromatic rings. The topological polar surface area (TPSA) is 36.9 Å². The third-order valence-corrected chi connectivity index (χ3v) is 7.80. The van der Waals surface area contributed by atoms with Gasteiger partial charge in [0.25, 0.3) is 0 Å². The first-order valence-corrected chi connectivity index (χ1v) is 14.2. The van der Waals surface area contributed by atoms with Crippen LogP contribution in [-0.4, -0.2) is 39.2 Å². The Bertz CT molecular complexity index is 635. The van der Waals surface area contributed by atoms with Crippen LogP contribution in [0.5, 0.6) is 5.75 Å². The first-order valence-electron chi connectivity index (χ1n) is 12.9. The van der Waals surface area contributed by atoms with E-state index in [9.17, 15) is 8.78 Å². The highest BCUT2D eigenvalue weighted by atomic mass is 31.2. The van der Waals surface area contributed by atoms with Gasteiger partial charge >= 0.3 is 0 Å². The number of hydrogen-bond acceptors (Lipinski definition) is 4. The molecule has 2 rings (SSSR count). The molecule has 1 aromatic carbocycles. The van der Waals surface area contributed by atoms with Gasteiger partial charge in [0.1, 0.15) is 0 Å². The Hall–Kier alpha value is -0.810. The molecule has 0 bridgehead atoms. The summed E-state index contributed by atoms with van der Waals surface area (Å²) in [6, 6.07) is 3.26. The van der Waals surface area contributed by atoms with Crippen molar-refractivity contribution in [2.24, 2.45) is 0 Å². The second-order valence-corrected chi connectivity index (χ2v) is 10.2. The molecule has 0 aromatic heterocycles. The second kappa shape index (κ2) is 17.6. The van der Waals surface area contributed by atoms with Crippen molar-refractivity contribution >= 4 is 8.38 Å². The molecular weight excluding hydrogens is 445 g/mol. The Morgan fingerprint density at radius 2 is 1.39 bits per heavy atom. The monoisotopic (exact) mass is 488 g/mol. The van der Waals surface area contributed by atoms with Crippen LogP contribution in [0.1, 0.15) is 96.0 Å². The molecule has 0 saturated carbocycles. The largest absolute Gasteiger partial charge is 0.490 e. The van der Waals surface area contributed by atoms with Gasteiger partial charge in [0, 0.05) is 19.4 Å². The highest BCUT2D eigenvalue weighted by molar-refractivity contribution is 7.47. The van der Waals surface area contributed by atoms with E-state index in [4.69, 9.17) is 18.5 Å². The normalized spacial score (nSPS) is 14.8. The Morgan fingerprint density at radius 1 is 0.818 bits per heavy atom. The highest BCUT2D eigenvalue weighted by Crippen LogP contribution is 2.39. The summed E-state index contributed by atoms with van der Waals surface area (Å²) in [6.07, 6.45) is 13.0. The van der Waals surface area contributed by atoms with Gasteiger partial charge < -0.3 is 18.5 Å². The quantitative estimate of drug-likeness (QED) is 0.154. The smallest absolute Gasteiger partial charge is 0.200 e. The van der Waals surface area contributed by atoms with Gasteiger partial charge in [0.15, 0.2) is 19.9 Å². The van der Waals surface area contributed by atoms with Crippen LogP contribution in [0.3, 0.4) is 0 Å². The number of halogens is 2. The van der Waals surface area contributed by atoms with Crippen LogP contribution in [0.2, 0.25) is 0 Å². The summed E-state index contributed by atoms with van der Waals surface area (Å²) in [7, 11) is -0.684. The maximum atomic E-state index is 14.5. The SMILES string of the molecule is CCOP(CCCCCCCCCCCOc1ccc(C2CCOCC2)c(F)c1F)OCC. The average molecular weight is 489 g/mol. The Kier molecular flexibility index (Phi) is 15.2. The van der Waals surface area contributed by atoms with E-state index in [0.29, 0.717) is 25.4 Å². The van der Waals surface area contributed by atoms with Crippen LogP contribution < -0.4 is 4.74 Å². The minimum atomic E-state index is -0.853. The van der Waals surface area contributed by atoms with Gasteiger partial charge in [-0.05, 0) is 57.1 Å². The molecule has 1 saturated heterocycles. The van der Waals surface area contributed by atoms with E-state index < -0.39 is 20.0 Å². The summed E-state index contributed by atoms with van der Waals surface area (Å²) in [5.74, 6) is -1.55. The fourth-order valence-corrected chi connectivity index (χ4v) is 5.59. The van der Waals surface area contributed by atoms with Gasteiger partial charge in [-0.2, -0.15) is 4.39 Å². The van der Waals surface area contributed by atoms with Gasteiger partial charge in [-0.25, -0.2) is 4.39 Å². The van der Waals surface area contributed by atoms with E-state index >= 15 is 0 Å². The van der Waals surface area contributed by atoms with Crippen molar-refractivity contribution in [3.63, 3.8) is 0 Å². The lowest BCUT2D eigenvalue weighted by Gasteiger charge is -2.23. The molecule has 4 nitrogen and oxygen atoms in total. The molecule has 190 valence electrons. The predicted molar refractivity (Wildman–Crippen MR) is 131 cm³/mol. The molecule has 1 aliphatic rings. The number of ether oxygens (including phenoxy) is 2. The van der Waals surface area contributed by atoms with Gasteiger partial charge in [0.05, 0.1) is 19.8 Å². The van der Waals surface area contributed by atoms with Crippen LogP contribution in [0, 0.1) is 11.6 Å². The number of rotatable bonds is 18. The molecule has 0 aliphatic carbocycles. The summed E-state index contributed by atoms with van der Waals surface area (Å²) in [5.41, 5.74) is 0.451. The molecule has 0 N–H and O–H groups in total. The molecule has 0 amide bonds. The van der Waals surface area contributed by atoms with Crippen LogP contribution in [-0.2, 0) is 13.8 Å². The third kappa shape index (κ3) is 11.0. The Labute approximate surface area is 200 Å². The maximum Gasteiger partial charge on any atom is 0.200 e.